The molecule has 1 aliphatic heterocycles. The lowest BCUT2D eigenvalue weighted by molar-refractivity contribution is -0.933. The van der Waals surface area contributed by atoms with Gasteiger partial charge in [0.05, 0.1) is 26.2 Å². The predicted octanol–water partition coefficient (Wildman–Crippen LogP) is 6.50. The number of hydrogen-bond donors (Lipinski definition) is 0. The van der Waals surface area contributed by atoms with E-state index in [2.05, 4.69) is 6.92 Å². The van der Waals surface area contributed by atoms with Crippen LogP contribution in [0.15, 0.2) is 0 Å². The molecule has 1 heterocycles. The van der Waals surface area contributed by atoms with E-state index >= 15 is 0 Å². The van der Waals surface area contributed by atoms with Crippen molar-refractivity contribution >= 4 is 6.47 Å². The van der Waals surface area contributed by atoms with Crippen molar-refractivity contribution in [2.45, 2.75) is 115 Å². The van der Waals surface area contributed by atoms with Crippen LogP contribution in [0.1, 0.15) is 110 Å². The average Bonchev–Trinajstić information content (AvgIpc) is 2.74. The van der Waals surface area contributed by atoms with Crippen LogP contribution in [0.25, 0.3) is 0 Å². The molecular weight excluding hydrogens is 370 g/mol. The fourth-order valence-electron chi connectivity index (χ4n) is 8.39. The highest BCUT2D eigenvalue weighted by atomic mass is 16.5. The monoisotopic (exact) mass is 418 g/mol. The second kappa shape index (κ2) is 10.4. The Morgan fingerprint density at radius 1 is 0.800 bits per heavy atom. The number of quaternary nitrogens is 1. The first-order valence-corrected chi connectivity index (χ1v) is 13.7. The normalized spacial score (nSPS) is 36.7. The highest BCUT2D eigenvalue weighted by Crippen LogP contribution is 2.60. The molecule has 1 saturated heterocycles. The van der Waals surface area contributed by atoms with E-state index in [-0.39, 0.29) is 5.60 Å². The van der Waals surface area contributed by atoms with Crippen molar-refractivity contribution in [2.24, 2.45) is 23.7 Å². The predicted molar refractivity (Wildman–Crippen MR) is 123 cm³/mol. The molecule has 4 bridgehead atoms. The topological polar surface area (TPSA) is 26.3 Å². The Kier molecular flexibility index (Phi) is 7.81. The van der Waals surface area contributed by atoms with Gasteiger partial charge in [-0.1, -0.05) is 32.6 Å². The summed E-state index contributed by atoms with van der Waals surface area (Å²) in [6.45, 7) is 8.62. The molecule has 0 aromatic rings. The zero-order chi connectivity index (χ0) is 20.9. The third kappa shape index (κ3) is 4.92. The Bertz CT molecular complexity index is 511. The van der Waals surface area contributed by atoms with E-state index < -0.39 is 0 Å². The second-order valence-corrected chi connectivity index (χ2v) is 11.6. The van der Waals surface area contributed by atoms with Gasteiger partial charge in [-0.05, 0) is 94.3 Å². The number of unbranched alkanes of at least 4 members (excludes halogenated alkanes) is 5. The van der Waals surface area contributed by atoms with E-state index in [1.807, 2.05) is 0 Å². The van der Waals surface area contributed by atoms with E-state index in [4.69, 9.17) is 4.74 Å². The fraction of sp³-hybridized carbons (Fsp3) is 0.963. The van der Waals surface area contributed by atoms with Crippen LogP contribution in [0, 0.1) is 23.7 Å². The van der Waals surface area contributed by atoms with Gasteiger partial charge < -0.3 is 9.22 Å². The van der Waals surface area contributed by atoms with Crippen molar-refractivity contribution < 1.29 is 14.0 Å². The van der Waals surface area contributed by atoms with Crippen LogP contribution >= 0.6 is 0 Å². The second-order valence-electron chi connectivity index (χ2n) is 11.6. The van der Waals surface area contributed by atoms with Crippen LogP contribution in [0.5, 0.6) is 0 Å². The molecule has 4 aliphatic carbocycles. The molecule has 5 aliphatic rings. The molecule has 0 unspecified atom stereocenters. The minimum absolute atomic E-state index is 0.102. The van der Waals surface area contributed by atoms with Gasteiger partial charge in [-0.15, -0.1) is 0 Å². The summed E-state index contributed by atoms with van der Waals surface area (Å²) < 4.78 is 7.44. The smallest absolute Gasteiger partial charge is 0.293 e. The number of ether oxygens (including phenoxy) is 1. The maximum atomic E-state index is 11.6. The molecule has 30 heavy (non-hydrogen) atoms. The molecular formula is C27H48NO2+. The molecule has 3 heteroatoms. The summed E-state index contributed by atoms with van der Waals surface area (Å²) in [4.78, 5) is 11.6. The first-order chi connectivity index (χ1) is 14.7. The molecule has 3 nitrogen and oxygen atoms in total. The van der Waals surface area contributed by atoms with Crippen molar-refractivity contribution in [1.29, 1.82) is 0 Å². The number of piperidine rings is 1. The largest absolute Gasteiger partial charge is 0.461 e. The molecule has 0 amide bonds. The Morgan fingerprint density at radius 3 is 2.03 bits per heavy atom. The van der Waals surface area contributed by atoms with Crippen LogP contribution in [0.2, 0.25) is 0 Å². The summed E-state index contributed by atoms with van der Waals surface area (Å²) in [7, 11) is 0. The third-order valence-electron chi connectivity index (χ3n) is 9.74. The van der Waals surface area contributed by atoms with Gasteiger partial charge in [-0.3, -0.25) is 4.79 Å². The van der Waals surface area contributed by atoms with Crippen LogP contribution in [-0.2, 0) is 9.53 Å². The summed E-state index contributed by atoms with van der Waals surface area (Å²) in [6.07, 6.45) is 21.9. The van der Waals surface area contributed by atoms with E-state index in [9.17, 15) is 4.79 Å². The van der Waals surface area contributed by atoms with E-state index in [1.54, 1.807) is 0 Å². The third-order valence-corrected chi connectivity index (χ3v) is 9.74. The first kappa shape index (κ1) is 22.6. The summed E-state index contributed by atoms with van der Waals surface area (Å²) in [5, 5.41) is 0. The minimum Gasteiger partial charge on any atom is -0.461 e. The zero-order valence-electron chi connectivity index (χ0n) is 19.8. The lowest BCUT2D eigenvalue weighted by atomic mass is 9.49. The number of carbonyl (C=O) groups excluding carboxylic acids is 1. The van der Waals surface area contributed by atoms with Crippen molar-refractivity contribution in [3.05, 3.63) is 0 Å². The maximum absolute atomic E-state index is 11.6. The van der Waals surface area contributed by atoms with Crippen molar-refractivity contribution in [3.8, 4) is 0 Å². The van der Waals surface area contributed by atoms with Gasteiger partial charge in [-0.25, -0.2) is 0 Å². The fourth-order valence-corrected chi connectivity index (χ4v) is 8.39. The highest BCUT2D eigenvalue weighted by Gasteiger charge is 2.58. The molecule has 0 spiro atoms. The lowest BCUT2D eigenvalue weighted by Gasteiger charge is -2.60. The van der Waals surface area contributed by atoms with Crippen LogP contribution in [-0.4, -0.2) is 42.7 Å². The Labute approximate surface area is 185 Å². The molecule has 172 valence electrons. The van der Waals surface area contributed by atoms with Gasteiger partial charge in [0.1, 0.15) is 5.60 Å². The van der Waals surface area contributed by atoms with Crippen LogP contribution in [0.4, 0.5) is 0 Å². The summed E-state index contributed by atoms with van der Waals surface area (Å²) in [6, 6.07) is 0. The van der Waals surface area contributed by atoms with Gasteiger partial charge in [0.25, 0.3) is 6.47 Å². The molecule has 4 saturated carbocycles. The SMILES string of the molecule is CCCCCCCC[N+]1(CCCC2(OC=O)C3CC4CC(C3)CC2C4)CCCCC1. The van der Waals surface area contributed by atoms with Crippen molar-refractivity contribution in [2.75, 3.05) is 26.2 Å². The average molecular weight is 419 g/mol. The Hall–Kier alpha value is -0.570. The summed E-state index contributed by atoms with van der Waals surface area (Å²) >= 11 is 0. The molecule has 0 N–H and O–H groups in total. The Balaban J connectivity index is 1.32. The van der Waals surface area contributed by atoms with Crippen LogP contribution in [0.3, 0.4) is 0 Å². The van der Waals surface area contributed by atoms with Gasteiger partial charge in [0.15, 0.2) is 0 Å². The molecule has 0 aromatic heterocycles. The zero-order valence-corrected chi connectivity index (χ0v) is 19.8. The van der Waals surface area contributed by atoms with Crippen molar-refractivity contribution in [3.63, 3.8) is 0 Å². The van der Waals surface area contributed by atoms with Gasteiger partial charge in [0, 0.05) is 6.42 Å². The standard InChI is InChI=1S/C27H48NO2/c1-2-3-4-5-6-8-13-28(14-9-7-10-15-28)16-11-12-27(30-22-29)25-18-23-17-24(20-25)21-26(27)19-23/h22-26H,2-21H2,1H3/q+1. The van der Waals surface area contributed by atoms with Gasteiger partial charge >= 0.3 is 0 Å². The number of carbonyl (C=O) groups is 1. The molecule has 0 radical (unpaired) electrons. The van der Waals surface area contributed by atoms with Gasteiger partial charge in [-0.2, -0.15) is 0 Å². The molecule has 0 aromatic carbocycles. The van der Waals surface area contributed by atoms with Crippen molar-refractivity contribution in [1.82, 2.24) is 0 Å². The maximum Gasteiger partial charge on any atom is 0.293 e. The van der Waals surface area contributed by atoms with E-state index in [0.717, 1.165) is 24.7 Å². The molecule has 5 fully saturated rings. The highest BCUT2D eigenvalue weighted by molar-refractivity contribution is 5.39. The minimum atomic E-state index is -0.102. The molecule has 5 rings (SSSR count). The quantitative estimate of drug-likeness (QED) is 0.194. The number of likely N-dealkylation sites (tertiary alicyclic amines) is 1. The lowest BCUT2D eigenvalue weighted by Crippen LogP contribution is -2.59. The summed E-state index contributed by atoms with van der Waals surface area (Å²) in [5.41, 5.74) is -0.102. The summed E-state index contributed by atoms with van der Waals surface area (Å²) in [5.74, 6) is 3.19. The number of rotatable bonds is 13. The van der Waals surface area contributed by atoms with Gasteiger partial charge in [0.2, 0.25) is 0 Å². The Morgan fingerprint density at radius 2 is 1.40 bits per heavy atom. The molecule has 0 atom stereocenters. The number of hydrogen-bond acceptors (Lipinski definition) is 2. The first-order valence-electron chi connectivity index (χ1n) is 13.7. The van der Waals surface area contributed by atoms with E-state index in [0.29, 0.717) is 11.8 Å². The van der Waals surface area contributed by atoms with E-state index in [1.165, 1.54) is 127 Å². The van der Waals surface area contributed by atoms with Crippen LogP contribution < -0.4 is 0 Å². The number of nitrogens with zero attached hydrogens (tertiary/aromatic N) is 1.